The first-order valence-electron chi connectivity index (χ1n) is 11.2. The fourth-order valence-corrected chi connectivity index (χ4v) is 4.75. The van der Waals surface area contributed by atoms with Gasteiger partial charge in [0.25, 0.3) is 0 Å². The lowest BCUT2D eigenvalue weighted by atomic mass is 9.82. The van der Waals surface area contributed by atoms with Crippen molar-refractivity contribution in [2.45, 2.75) is 44.5 Å². The first-order chi connectivity index (χ1) is 16.5. The van der Waals surface area contributed by atoms with Crippen LogP contribution in [-0.4, -0.2) is 63.3 Å². The monoisotopic (exact) mass is 491 g/mol. The molecule has 2 aromatic rings. The largest absolute Gasteiger partial charge is 0.573 e. The Hall–Kier alpha value is -3.63. The van der Waals surface area contributed by atoms with E-state index in [1.807, 2.05) is 0 Å². The smallest absolute Gasteiger partial charge is 0.480 e. The van der Waals surface area contributed by atoms with Crippen molar-refractivity contribution in [2.24, 2.45) is 5.92 Å². The van der Waals surface area contributed by atoms with Crippen LogP contribution in [0.25, 0.3) is 0 Å². The van der Waals surface area contributed by atoms with Crippen molar-refractivity contribution in [1.29, 1.82) is 0 Å². The van der Waals surface area contributed by atoms with Gasteiger partial charge in [-0.15, -0.1) is 13.2 Å². The number of aromatic nitrogens is 1. The minimum Gasteiger partial charge on any atom is -0.480 e. The van der Waals surface area contributed by atoms with Gasteiger partial charge in [0.2, 0.25) is 5.91 Å². The fourth-order valence-electron chi connectivity index (χ4n) is 4.75. The molecule has 3 heterocycles. The Kier molecular flexibility index (Phi) is 6.68. The van der Waals surface area contributed by atoms with Crippen LogP contribution in [0.4, 0.5) is 18.0 Å². The number of carbonyl (C=O) groups excluding carboxylic acids is 2. The molecule has 8 nitrogen and oxygen atoms in total. The second-order valence-corrected chi connectivity index (χ2v) is 8.79. The molecule has 0 spiro atoms. The normalized spacial score (nSPS) is 22.5. The number of carboxylic acids is 1. The molecule has 1 N–H and O–H groups in total. The van der Waals surface area contributed by atoms with E-state index in [9.17, 15) is 32.7 Å². The van der Waals surface area contributed by atoms with Crippen LogP contribution < -0.4 is 4.74 Å². The van der Waals surface area contributed by atoms with Gasteiger partial charge in [-0.25, -0.2) is 14.5 Å². The SMILES string of the molecule is Cc1cc(C[C@H]2C(=O)N(C(=O)N3CCCC(c4ccc(OC(F)(F)F)cc4)C3)[C@@H]2C(=O)O)ccn1. The number of hydrogen-bond donors (Lipinski definition) is 1. The van der Waals surface area contributed by atoms with Gasteiger partial charge < -0.3 is 14.7 Å². The second-order valence-electron chi connectivity index (χ2n) is 8.79. The zero-order valence-corrected chi connectivity index (χ0v) is 18.9. The maximum Gasteiger partial charge on any atom is 0.573 e. The van der Waals surface area contributed by atoms with Gasteiger partial charge in [-0.3, -0.25) is 9.78 Å². The number of nitrogens with zero attached hydrogens (tertiary/aromatic N) is 3. The van der Waals surface area contributed by atoms with Crippen LogP contribution in [0.3, 0.4) is 0 Å². The molecule has 186 valence electrons. The zero-order chi connectivity index (χ0) is 25.3. The molecule has 35 heavy (non-hydrogen) atoms. The quantitative estimate of drug-likeness (QED) is 0.640. The molecule has 0 aliphatic carbocycles. The molecule has 4 rings (SSSR count). The van der Waals surface area contributed by atoms with Gasteiger partial charge in [-0.1, -0.05) is 12.1 Å². The van der Waals surface area contributed by atoms with Crippen LogP contribution in [-0.2, 0) is 16.0 Å². The summed E-state index contributed by atoms with van der Waals surface area (Å²) in [5.74, 6) is -3.13. The topological polar surface area (TPSA) is 100 Å². The molecule has 0 radical (unpaired) electrons. The van der Waals surface area contributed by atoms with Crippen LogP contribution in [0.2, 0.25) is 0 Å². The Balaban J connectivity index is 1.43. The number of piperidine rings is 1. The van der Waals surface area contributed by atoms with Crippen molar-refractivity contribution in [3.05, 3.63) is 59.4 Å². The molecule has 3 amide bonds. The van der Waals surface area contributed by atoms with Crippen molar-refractivity contribution < 1.29 is 37.4 Å². The summed E-state index contributed by atoms with van der Waals surface area (Å²) in [5.41, 5.74) is 2.24. The average Bonchev–Trinajstić information content (AvgIpc) is 2.80. The number of benzene rings is 1. The molecule has 2 aliphatic rings. The van der Waals surface area contributed by atoms with Gasteiger partial charge in [-0.2, -0.15) is 0 Å². The summed E-state index contributed by atoms with van der Waals surface area (Å²) in [6, 6.07) is 7.03. The second kappa shape index (κ2) is 9.55. The van der Waals surface area contributed by atoms with Crippen molar-refractivity contribution >= 4 is 17.9 Å². The third-order valence-corrected chi connectivity index (χ3v) is 6.37. The maximum atomic E-state index is 13.2. The summed E-state index contributed by atoms with van der Waals surface area (Å²) < 4.78 is 41.1. The average molecular weight is 491 g/mol. The number of carbonyl (C=O) groups is 3. The lowest BCUT2D eigenvalue weighted by Gasteiger charge is -2.46. The van der Waals surface area contributed by atoms with Crippen LogP contribution in [0.15, 0.2) is 42.6 Å². The minimum absolute atomic E-state index is 0.164. The number of urea groups is 1. The molecule has 1 unspecified atom stereocenters. The first-order valence-corrected chi connectivity index (χ1v) is 11.2. The van der Waals surface area contributed by atoms with E-state index >= 15 is 0 Å². The lowest BCUT2D eigenvalue weighted by Crippen LogP contribution is -2.69. The van der Waals surface area contributed by atoms with Crippen LogP contribution >= 0.6 is 0 Å². The predicted molar refractivity (Wildman–Crippen MR) is 117 cm³/mol. The molecule has 0 saturated carbocycles. The fraction of sp³-hybridized carbons (Fsp3) is 0.417. The molecule has 2 aliphatic heterocycles. The molecule has 2 fully saturated rings. The summed E-state index contributed by atoms with van der Waals surface area (Å²) in [6.45, 7) is 2.37. The van der Waals surface area contributed by atoms with Gasteiger partial charge in [0, 0.05) is 30.9 Å². The van der Waals surface area contributed by atoms with E-state index in [0.29, 0.717) is 19.4 Å². The number of likely N-dealkylation sites (tertiary alicyclic amines) is 2. The van der Waals surface area contributed by atoms with E-state index in [4.69, 9.17) is 0 Å². The Morgan fingerprint density at radius 1 is 1.20 bits per heavy atom. The standard InChI is InChI=1S/C24H24F3N3O5/c1-14-11-15(8-9-28-14)12-19-20(22(32)33)30(21(19)31)23(34)29-10-2-3-17(13-29)16-4-6-18(7-5-16)35-24(25,26)27/h4-9,11,17,19-20H,2-3,10,12-13H2,1H3,(H,32,33)/t17?,19-,20+/m1/s1. The molecule has 3 atom stereocenters. The summed E-state index contributed by atoms with van der Waals surface area (Å²) >= 11 is 0. The summed E-state index contributed by atoms with van der Waals surface area (Å²) in [4.78, 5) is 44.3. The lowest BCUT2D eigenvalue weighted by molar-refractivity contribution is -0.274. The number of imide groups is 1. The number of aryl methyl sites for hydroxylation is 1. The number of carboxylic acid groups (broad SMARTS) is 1. The Morgan fingerprint density at radius 3 is 2.54 bits per heavy atom. The number of pyridine rings is 1. The molecule has 0 bridgehead atoms. The predicted octanol–water partition coefficient (Wildman–Crippen LogP) is 3.74. The number of hydrogen-bond acceptors (Lipinski definition) is 5. The Morgan fingerprint density at radius 2 is 1.91 bits per heavy atom. The van der Waals surface area contributed by atoms with E-state index in [1.165, 1.54) is 29.2 Å². The Labute approximate surface area is 199 Å². The number of β-lactam (4-membered cyclic amide) rings is 1. The highest BCUT2D eigenvalue weighted by molar-refractivity contribution is 6.07. The molecular weight excluding hydrogens is 467 g/mol. The molecular formula is C24H24F3N3O5. The van der Waals surface area contributed by atoms with Crippen LogP contribution in [0, 0.1) is 12.8 Å². The van der Waals surface area contributed by atoms with Crippen molar-refractivity contribution in [2.75, 3.05) is 13.1 Å². The molecule has 1 aromatic heterocycles. The highest BCUT2D eigenvalue weighted by Gasteiger charge is 2.55. The summed E-state index contributed by atoms with van der Waals surface area (Å²) in [6.07, 6.45) is -1.70. The van der Waals surface area contributed by atoms with Crippen molar-refractivity contribution in [3.63, 3.8) is 0 Å². The van der Waals surface area contributed by atoms with E-state index < -0.39 is 36.2 Å². The third kappa shape index (κ3) is 5.39. The number of ether oxygens (including phenoxy) is 1. The van der Waals surface area contributed by atoms with Crippen LogP contribution in [0.5, 0.6) is 5.75 Å². The molecule has 2 saturated heterocycles. The van der Waals surface area contributed by atoms with E-state index in [-0.39, 0.29) is 24.6 Å². The van der Waals surface area contributed by atoms with Crippen molar-refractivity contribution in [3.8, 4) is 5.75 Å². The van der Waals surface area contributed by atoms with Gasteiger partial charge >= 0.3 is 18.4 Å². The van der Waals surface area contributed by atoms with Gasteiger partial charge in [0.15, 0.2) is 6.04 Å². The van der Waals surface area contributed by atoms with Gasteiger partial charge in [0.05, 0.1) is 5.92 Å². The highest BCUT2D eigenvalue weighted by atomic mass is 19.4. The van der Waals surface area contributed by atoms with Gasteiger partial charge in [0.1, 0.15) is 5.75 Å². The van der Waals surface area contributed by atoms with E-state index in [2.05, 4.69) is 9.72 Å². The number of alkyl halides is 3. The van der Waals surface area contributed by atoms with E-state index in [0.717, 1.165) is 21.7 Å². The summed E-state index contributed by atoms with van der Waals surface area (Å²) in [7, 11) is 0. The van der Waals surface area contributed by atoms with E-state index in [1.54, 1.807) is 25.3 Å². The maximum absolute atomic E-state index is 13.2. The number of aliphatic carboxylic acids is 1. The Bertz CT molecular complexity index is 1120. The van der Waals surface area contributed by atoms with Gasteiger partial charge in [-0.05, 0) is 61.6 Å². The minimum atomic E-state index is -4.78. The van der Waals surface area contributed by atoms with Crippen LogP contribution in [0.1, 0.15) is 35.6 Å². The number of amides is 3. The van der Waals surface area contributed by atoms with Crippen molar-refractivity contribution in [1.82, 2.24) is 14.8 Å². The highest BCUT2D eigenvalue weighted by Crippen LogP contribution is 2.34. The zero-order valence-electron chi connectivity index (χ0n) is 18.9. The molecule has 11 heteroatoms. The molecule has 1 aromatic carbocycles. The number of rotatable bonds is 5. The first kappa shape index (κ1) is 24.5. The third-order valence-electron chi connectivity index (χ3n) is 6.37. The summed E-state index contributed by atoms with van der Waals surface area (Å²) in [5, 5.41) is 9.74. The number of halogens is 3.